The van der Waals surface area contributed by atoms with Gasteiger partial charge in [-0.3, -0.25) is 4.79 Å². The summed E-state index contributed by atoms with van der Waals surface area (Å²) in [5.41, 5.74) is 0. The van der Waals surface area contributed by atoms with Crippen LogP contribution in [0.4, 0.5) is 0 Å². The fourth-order valence-corrected chi connectivity index (χ4v) is 2.52. The van der Waals surface area contributed by atoms with Crippen LogP contribution in [0.25, 0.3) is 0 Å². The number of cyclic esters (lactones) is 1. The van der Waals surface area contributed by atoms with E-state index in [-0.39, 0.29) is 12.1 Å². The van der Waals surface area contributed by atoms with Gasteiger partial charge >= 0.3 is 5.97 Å². The van der Waals surface area contributed by atoms with Crippen molar-refractivity contribution < 1.29 is 9.53 Å². The highest BCUT2D eigenvalue weighted by Crippen LogP contribution is 2.15. The summed E-state index contributed by atoms with van der Waals surface area (Å²) >= 11 is 0. The van der Waals surface area contributed by atoms with Crippen molar-refractivity contribution in [1.29, 1.82) is 0 Å². The molecule has 2 nitrogen and oxygen atoms in total. The van der Waals surface area contributed by atoms with Crippen LogP contribution in [-0.2, 0) is 9.53 Å². The van der Waals surface area contributed by atoms with E-state index < -0.39 is 0 Å². The van der Waals surface area contributed by atoms with Gasteiger partial charge in [0.25, 0.3) is 0 Å². The maximum absolute atomic E-state index is 11.7. The van der Waals surface area contributed by atoms with Crippen LogP contribution in [0.5, 0.6) is 0 Å². The summed E-state index contributed by atoms with van der Waals surface area (Å²) in [6, 6.07) is 0. The molecular weight excluding hydrogens is 236 g/mol. The van der Waals surface area contributed by atoms with E-state index in [1.165, 1.54) is 38.5 Å². The molecule has 1 rings (SSSR count). The Morgan fingerprint density at radius 1 is 1.00 bits per heavy atom. The predicted octanol–water partition coefficient (Wildman–Crippen LogP) is 5.17. The molecular formula is C17H30O2. The summed E-state index contributed by atoms with van der Waals surface area (Å²) in [6.45, 7) is 2.11. The summed E-state index contributed by atoms with van der Waals surface area (Å²) in [7, 11) is 0. The number of rotatable bonds is 1. The summed E-state index contributed by atoms with van der Waals surface area (Å²) in [5, 5.41) is 0. The molecule has 0 amide bonds. The Morgan fingerprint density at radius 2 is 1.63 bits per heavy atom. The molecule has 0 aliphatic carbocycles. The van der Waals surface area contributed by atoms with Gasteiger partial charge in [0, 0.05) is 6.42 Å². The van der Waals surface area contributed by atoms with Gasteiger partial charge in [-0.25, -0.2) is 0 Å². The molecule has 0 bridgehead atoms. The Hall–Kier alpha value is -0.790. The van der Waals surface area contributed by atoms with Crippen LogP contribution >= 0.6 is 0 Å². The van der Waals surface area contributed by atoms with Crippen LogP contribution in [0, 0.1) is 0 Å². The van der Waals surface area contributed by atoms with Crippen molar-refractivity contribution in [3.05, 3.63) is 12.2 Å². The average molecular weight is 266 g/mol. The van der Waals surface area contributed by atoms with E-state index in [2.05, 4.69) is 19.1 Å². The van der Waals surface area contributed by atoms with Crippen LogP contribution in [0.1, 0.15) is 84.0 Å². The van der Waals surface area contributed by atoms with E-state index in [0.29, 0.717) is 6.42 Å². The highest BCUT2D eigenvalue weighted by atomic mass is 16.5. The first-order valence-electron chi connectivity index (χ1n) is 8.17. The van der Waals surface area contributed by atoms with Gasteiger partial charge in [0.15, 0.2) is 0 Å². The molecule has 1 unspecified atom stereocenters. The number of hydrogen-bond donors (Lipinski definition) is 0. The highest BCUT2D eigenvalue weighted by molar-refractivity contribution is 5.69. The lowest BCUT2D eigenvalue weighted by Gasteiger charge is -2.16. The third-order valence-corrected chi connectivity index (χ3v) is 3.82. The monoisotopic (exact) mass is 266 g/mol. The first-order chi connectivity index (χ1) is 9.33. The normalized spacial score (nSPS) is 26.6. The Kier molecular flexibility index (Phi) is 9.48. The van der Waals surface area contributed by atoms with Gasteiger partial charge in [0.1, 0.15) is 6.10 Å². The summed E-state index contributed by atoms with van der Waals surface area (Å²) in [5.74, 6) is 0.00271. The zero-order valence-electron chi connectivity index (χ0n) is 12.5. The quantitative estimate of drug-likeness (QED) is 0.483. The van der Waals surface area contributed by atoms with E-state index in [1.807, 2.05) is 0 Å². The third-order valence-electron chi connectivity index (χ3n) is 3.82. The second kappa shape index (κ2) is 11.1. The second-order valence-corrected chi connectivity index (χ2v) is 5.58. The predicted molar refractivity (Wildman–Crippen MR) is 80.1 cm³/mol. The van der Waals surface area contributed by atoms with Crippen LogP contribution in [-0.4, -0.2) is 12.1 Å². The Balaban J connectivity index is 2.34. The van der Waals surface area contributed by atoms with Crippen LogP contribution in [0.2, 0.25) is 0 Å². The maximum atomic E-state index is 11.7. The molecule has 0 radical (unpaired) electrons. The molecule has 1 heterocycles. The number of allylic oxidation sites excluding steroid dienone is 2. The molecule has 0 aromatic carbocycles. The standard InChI is InChI=1S/C17H30O2/c1-2-16-14-12-10-8-6-4-3-5-7-9-11-13-15-17(18)19-16/h5,7,16H,2-4,6,8-15H2,1H3/b7-5-. The van der Waals surface area contributed by atoms with Crippen molar-refractivity contribution in [2.24, 2.45) is 0 Å². The molecule has 0 spiro atoms. The first-order valence-corrected chi connectivity index (χ1v) is 8.17. The molecule has 0 aromatic heterocycles. The molecule has 110 valence electrons. The fraction of sp³-hybridized carbons (Fsp3) is 0.824. The Bertz CT molecular complexity index is 258. The lowest BCUT2D eigenvalue weighted by Crippen LogP contribution is -2.17. The molecule has 0 saturated carbocycles. The van der Waals surface area contributed by atoms with Crippen molar-refractivity contribution in [3.63, 3.8) is 0 Å². The highest BCUT2D eigenvalue weighted by Gasteiger charge is 2.11. The Morgan fingerprint density at radius 3 is 2.37 bits per heavy atom. The number of esters is 1. The smallest absolute Gasteiger partial charge is 0.306 e. The zero-order valence-corrected chi connectivity index (χ0v) is 12.5. The van der Waals surface area contributed by atoms with Crippen molar-refractivity contribution >= 4 is 5.97 Å². The molecule has 0 aromatic rings. The van der Waals surface area contributed by atoms with E-state index >= 15 is 0 Å². The van der Waals surface area contributed by atoms with E-state index in [1.54, 1.807) is 0 Å². The van der Waals surface area contributed by atoms with Gasteiger partial charge in [-0.1, -0.05) is 38.3 Å². The van der Waals surface area contributed by atoms with E-state index in [0.717, 1.165) is 32.1 Å². The van der Waals surface area contributed by atoms with Crippen LogP contribution in [0.3, 0.4) is 0 Å². The molecule has 1 aliphatic rings. The SMILES string of the molecule is CCC1CCCCCCC/C=C\CCCCC(=O)O1. The minimum atomic E-state index is 0.00271. The van der Waals surface area contributed by atoms with Gasteiger partial charge < -0.3 is 4.74 Å². The first kappa shape index (κ1) is 16.3. The lowest BCUT2D eigenvalue weighted by molar-refractivity contribution is -0.149. The molecule has 2 heteroatoms. The van der Waals surface area contributed by atoms with E-state index in [9.17, 15) is 4.79 Å². The third kappa shape index (κ3) is 8.85. The maximum Gasteiger partial charge on any atom is 0.306 e. The molecule has 1 atom stereocenters. The summed E-state index contributed by atoms with van der Waals surface area (Å²) in [6.07, 6.45) is 18.1. The molecule has 0 N–H and O–H groups in total. The van der Waals surface area contributed by atoms with Gasteiger partial charge in [0.2, 0.25) is 0 Å². The second-order valence-electron chi connectivity index (χ2n) is 5.58. The van der Waals surface area contributed by atoms with E-state index in [4.69, 9.17) is 4.74 Å². The number of carbonyl (C=O) groups is 1. The van der Waals surface area contributed by atoms with Gasteiger partial charge in [0.05, 0.1) is 0 Å². The molecule has 0 fully saturated rings. The lowest BCUT2D eigenvalue weighted by atomic mass is 10.0. The van der Waals surface area contributed by atoms with Gasteiger partial charge in [-0.15, -0.1) is 0 Å². The number of hydrogen-bond acceptors (Lipinski definition) is 2. The fourth-order valence-electron chi connectivity index (χ4n) is 2.52. The average Bonchev–Trinajstić information content (AvgIpc) is 2.41. The minimum absolute atomic E-state index is 0.00271. The Labute approximate surface area is 118 Å². The van der Waals surface area contributed by atoms with Crippen molar-refractivity contribution in [3.8, 4) is 0 Å². The zero-order chi connectivity index (χ0) is 13.8. The van der Waals surface area contributed by atoms with Crippen LogP contribution < -0.4 is 0 Å². The minimum Gasteiger partial charge on any atom is -0.462 e. The summed E-state index contributed by atoms with van der Waals surface area (Å²) < 4.78 is 5.54. The van der Waals surface area contributed by atoms with Gasteiger partial charge in [-0.2, -0.15) is 0 Å². The molecule has 19 heavy (non-hydrogen) atoms. The van der Waals surface area contributed by atoms with Crippen molar-refractivity contribution in [1.82, 2.24) is 0 Å². The largest absolute Gasteiger partial charge is 0.462 e. The molecule has 0 saturated heterocycles. The van der Waals surface area contributed by atoms with Crippen LogP contribution in [0.15, 0.2) is 12.2 Å². The van der Waals surface area contributed by atoms with Gasteiger partial charge in [-0.05, 0) is 51.4 Å². The topological polar surface area (TPSA) is 26.3 Å². The number of ether oxygens (including phenoxy) is 1. The van der Waals surface area contributed by atoms with Crippen molar-refractivity contribution in [2.45, 2.75) is 90.1 Å². The molecule has 1 aliphatic heterocycles. The number of carbonyl (C=O) groups excluding carboxylic acids is 1. The van der Waals surface area contributed by atoms with Crippen molar-refractivity contribution in [2.75, 3.05) is 0 Å². The summed E-state index contributed by atoms with van der Waals surface area (Å²) in [4.78, 5) is 11.7.